The number of thioether (sulfide) groups is 1. The van der Waals surface area contributed by atoms with Crippen LogP contribution in [0.2, 0.25) is 0 Å². The molecule has 0 spiro atoms. The van der Waals surface area contributed by atoms with Gasteiger partial charge in [0.2, 0.25) is 0 Å². The number of hydrogen-bond acceptors (Lipinski definition) is 3. The minimum Gasteiger partial charge on any atom is -0.323 e. The molecule has 1 heterocycles. The molecule has 0 saturated heterocycles. The summed E-state index contributed by atoms with van der Waals surface area (Å²) in [5.74, 6) is -0.224. The van der Waals surface area contributed by atoms with Gasteiger partial charge in [0.25, 0.3) is 0 Å². The molecule has 0 saturated carbocycles. The van der Waals surface area contributed by atoms with Crippen molar-refractivity contribution in [3.05, 3.63) is 59.9 Å². The Morgan fingerprint density at radius 2 is 2.11 bits per heavy atom. The van der Waals surface area contributed by atoms with Crippen LogP contribution in [-0.4, -0.2) is 10.7 Å². The van der Waals surface area contributed by atoms with Crippen LogP contribution < -0.4 is 5.73 Å². The van der Waals surface area contributed by atoms with Crippen molar-refractivity contribution in [3.8, 4) is 0 Å². The average molecular weight is 266 g/mol. The number of benzene rings is 1. The lowest BCUT2D eigenvalue weighted by Crippen LogP contribution is -2.14. The van der Waals surface area contributed by atoms with Gasteiger partial charge in [-0.25, -0.2) is 8.78 Å². The third-order valence-electron chi connectivity index (χ3n) is 2.43. The Morgan fingerprint density at radius 3 is 2.83 bits per heavy atom. The molecule has 1 unspecified atom stereocenters. The second-order valence-corrected chi connectivity index (χ2v) is 4.87. The van der Waals surface area contributed by atoms with Crippen LogP contribution >= 0.6 is 11.8 Å². The number of halogens is 2. The monoisotopic (exact) mass is 266 g/mol. The van der Waals surface area contributed by atoms with Crippen LogP contribution in [0.4, 0.5) is 8.78 Å². The molecule has 0 fully saturated rings. The summed E-state index contributed by atoms with van der Waals surface area (Å²) in [4.78, 5) is 4.45. The highest BCUT2D eigenvalue weighted by Crippen LogP contribution is 2.24. The van der Waals surface area contributed by atoms with Gasteiger partial charge in [-0.2, -0.15) is 0 Å². The van der Waals surface area contributed by atoms with E-state index in [1.165, 1.54) is 30.1 Å². The van der Waals surface area contributed by atoms with Gasteiger partial charge in [0.15, 0.2) is 0 Å². The first-order valence-electron chi connectivity index (χ1n) is 5.40. The normalized spacial score (nSPS) is 12.4. The Kier molecular flexibility index (Phi) is 4.28. The molecule has 0 amide bonds. The fourth-order valence-electron chi connectivity index (χ4n) is 1.52. The fourth-order valence-corrected chi connectivity index (χ4v) is 2.44. The summed E-state index contributed by atoms with van der Waals surface area (Å²) in [5.41, 5.74) is 6.32. The third-order valence-corrected chi connectivity index (χ3v) is 3.54. The van der Waals surface area contributed by atoms with E-state index >= 15 is 0 Å². The summed E-state index contributed by atoms with van der Waals surface area (Å²) < 4.78 is 26.4. The number of nitrogens with two attached hydrogens (primary N) is 1. The quantitative estimate of drug-likeness (QED) is 0.864. The maximum atomic E-state index is 13.4. The predicted molar refractivity (Wildman–Crippen MR) is 68.2 cm³/mol. The molecule has 1 aromatic carbocycles. The number of hydrogen-bond donors (Lipinski definition) is 1. The molecule has 0 aliphatic rings. The molecule has 2 aromatic rings. The minimum atomic E-state index is -0.443. The highest BCUT2D eigenvalue weighted by atomic mass is 32.2. The van der Waals surface area contributed by atoms with E-state index in [9.17, 15) is 8.78 Å². The average Bonchev–Trinajstić information content (AvgIpc) is 2.37. The molecule has 2 nitrogen and oxygen atoms in total. The first-order chi connectivity index (χ1) is 8.66. The smallest absolute Gasteiger partial charge is 0.146 e. The zero-order valence-electron chi connectivity index (χ0n) is 9.51. The van der Waals surface area contributed by atoms with Crippen LogP contribution in [0, 0.1) is 11.6 Å². The molecular formula is C13H12F2N2S. The molecule has 5 heteroatoms. The molecule has 18 heavy (non-hydrogen) atoms. The Hall–Kier alpha value is -1.46. The predicted octanol–water partition coefficient (Wildman–Crippen LogP) is 3.15. The van der Waals surface area contributed by atoms with Crippen LogP contribution in [0.1, 0.15) is 11.6 Å². The molecule has 0 bridgehead atoms. The lowest BCUT2D eigenvalue weighted by molar-refractivity contribution is 0.589. The van der Waals surface area contributed by atoms with Gasteiger partial charge >= 0.3 is 0 Å². The second kappa shape index (κ2) is 5.93. The van der Waals surface area contributed by atoms with E-state index in [0.717, 1.165) is 11.1 Å². The van der Waals surface area contributed by atoms with Gasteiger partial charge in [-0.3, -0.25) is 4.98 Å². The number of pyridine rings is 1. The lowest BCUT2D eigenvalue weighted by Gasteiger charge is -2.12. The fraction of sp³-hybridized carbons (Fsp3) is 0.154. The van der Waals surface area contributed by atoms with Gasteiger partial charge in [-0.15, -0.1) is 11.8 Å². The summed E-state index contributed by atoms with van der Waals surface area (Å²) in [6, 6.07) is 7.36. The summed E-state index contributed by atoms with van der Waals surface area (Å²) in [7, 11) is 0. The zero-order chi connectivity index (χ0) is 13.0. The molecule has 2 rings (SSSR count). The zero-order valence-corrected chi connectivity index (χ0v) is 10.3. The van der Waals surface area contributed by atoms with Crippen LogP contribution in [0.5, 0.6) is 0 Å². The van der Waals surface area contributed by atoms with Gasteiger partial charge < -0.3 is 5.73 Å². The van der Waals surface area contributed by atoms with Crippen molar-refractivity contribution >= 4 is 11.8 Å². The number of nitrogens with zero attached hydrogens (tertiary/aromatic N) is 1. The van der Waals surface area contributed by atoms with Crippen LogP contribution in [-0.2, 0) is 0 Å². The largest absolute Gasteiger partial charge is 0.323 e. The van der Waals surface area contributed by atoms with Crippen molar-refractivity contribution in [3.63, 3.8) is 0 Å². The lowest BCUT2D eigenvalue weighted by atomic mass is 10.1. The Labute approximate surface area is 108 Å². The minimum absolute atomic E-state index is 0.288. The number of aromatic nitrogens is 1. The SMILES string of the molecule is NC(CSc1cccc(F)c1)c1ccncc1F. The highest BCUT2D eigenvalue weighted by molar-refractivity contribution is 7.99. The van der Waals surface area contributed by atoms with Crippen molar-refractivity contribution in [2.75, 3.05) is 5.75 Å². The van der Waals surface area contributed by atoms with E-state index in [0.29, 0.717) is 11.3 Å². The molecule has 1 atom stereocenters. The molecule has 1 aromatic heterocycles. The Bertz CT molecular complexity index is 534. The first kappa shape index (κ1) is 13.0. The summed E-state index contributed by atoms with van der Waals surface area (Å²) >= 11 is 1.39. The van der Waals surface area contributed by atoms with E-state index in [1.807, 2.05) is 0 Å². The van der Waals surface area contributed by atoms with E-state index in [4.69, 9.17) is 5.73 Å². The maximum Gasteiger partial charge on any atom is 0.146 e. The summed E-state index contributed by atoms with van der Waals surface area (Å²) in [5, 5.41) is 0. The molecule has 0 aliphatic carbocycles. The van der Waals surface area contributed by atoms with E-state index < -0.39 is 11.9 Å². The molecule has 0 aliphatic heterocycles. The van der Waals surface area contributed by atoms with Crippen molar-refractivity contribution < 1.29 is 8.78 Å². The highest BCUT2D eigenvalue weighted by Gasteiger charge is 2.11. The standard InChI is InChI=1S/C13H12F2N2S/c14-9-2-1-3-10(6-9)18-8-13(16)11-4-5-17-7-12(11)15/h1-7,13H,8,16H2. The van der Waals surface area contributed by atoms with E-state index in [-0.39, 0.29) is 5.82 Å². The van der Waals surface area contributed by atoms with Crippen LogP contribution in [0.15, 0.2) is 47.6 Å². The van der Waals surface area contributed by atoms with Crippen molar-refractivity contribution in [1.82, 2.24) is 4.98 Å². The van der Waals surface area contributed by atoms with Gasteiger partial charge in [0.05, 0.1) is 6.20 Å². The Balaban J connectivity index is 2.00. The topological polar surface area (TPSA) is 38.9 Å². The van der Waals surface area contributed by atoms with Gasteiger partial charge in [0.1, 0.15) is 11.6 Å². The molecule has 0 radical (unpaired) electrons. The maximum absolute atomic E-state index is 13.4. The number of rotatable bonds is 4. The van der Waals surface area contributed by atoms with E-state index in [1.54, 1.807) is 18.2 Å². The van der Waals surface area contributed by atoms with Crippen LogP contribution in [0.25, 0.3) is 0 Å². The summed E-state index contributed by atoms with van der Waals surface area (Å²) in [6.45, 7) is 0. The molecular weight excluding hydrogens is 254 g/mol. The Morgan fingerprint density at radius 1 is 1.28 bits per heavy atom. The third kappa shape index (κ3) is 3.27. The van der Waals surface area contributed by atoms with Crippen LogP contribution in [0.3, 0.4) is 0 Å². The first-order valence-corrected chi connectivity index (χ1v) is 6.39. The second-order valence-electron chi connectivity index (χ2n) is 3.77. The van der Waals surface area contributed by atoms with Crippen molar-refractivity contribution in [2.24, 2.45) is 5.73 Å². The van der Waals surface area contributed by atoms with Gasteiger partial charge in [0, 0.05) is 28.5 Å². The van der Waals surface area contributed by atoms with Gasteiger partial charge in [-0.05, 0) is 24.3 Å². The summed E-state index contributed by atoms with van der Waals surface area (Å²) in [6.07, 6.45) is 2.65. The van der Waals surface area contributed by atoms with Crippen molar-refractivity contribution in [2.45, 2.75) is 10.9 Å². The van der Waals surface area contributed by atoms with E-state index in [2.05, 4.69) is 4.98 Å². The molecule has 2 N–H and O–H groups in total. The van der Waals surface area contributed by atoms with Crippen molar-refractivity contribution in [1.29, 1.82) is 0 Å². The molecule has 94 valence electrons. The van der Waals surface area contributed by atoms with Gasteiger partial charge in [-0.1, -0.05) is 6.07 Å².